The molecule has 4 nitrogen and oxygen atoms in total. The minimum absolute atomic E-state index is 0.0759. The van der Waals surface area contributed by atoms with Gasteiger partial charge in [-0.2, -0.15) is 13.2 Å². The number of halogens is 3. The average Bonchev–Trinajstić information content (AvgIpc) is 2.40. The Balaban J connectivity index is 2.54. The van der Waals surface area contributed by atoms with Crippen molar-refractivity contribution < 1.29 is 27.9 Å². The van der Waals surface area contributed by atoms with Crippen LogP contribution in [0.2, 0.25) is 0 Å². The van der Waals surface area contributed by atoms with Crippen molar-refractivity contribution in [2.45, 2.75) is 19.0 Å². The van der Waals surface area contributed by atoms with Crippen LogP contribution in [0.15, 0.2) is 30.3 Å². The number of aliphatic carboxylic acids is 1. The van der Waals surface area contributed by atoms with Gasteiger partial charge in [0.25, 0.3) is 5.91 Å². The van der Waals surface area contributed by atoms with Crippen molar-refractivity contribution in [1.82, 2.24) is 5.32 Å². The van der Waals surface area contributed by atoms with Gasteiger partial charge in [0.15, 0.2) is 0 Å². The summed E-state index contributed by atoms with van der Waals surface area (Å²) < 4.78 is 35.8. The van der Waals surface area contributed by atoms with Gasteiger partial charge >= 0.3 is 12.1 Å². The minimum Gasteiger partial charge on any atom is -0.478 e. The summed E-state index contributed by atoms with van der Waals surface area (Å²) in [4.78, 5) is 22.1. The Kier molecular flexibility index (Phi) is 5.95. The normalized spacial score (nSPS) is 11.6. The molecule has 114 valence electrons. The van der Waals surface area contributed by atoms with E-state index in [0.29, 0.717) is 5.56 Å². The number of carboxylic acids is 1. The number of hydrogen-bond donors (Lipinski definition) is 2. The van der Waals surface area contributed by atoms with E-state index in [4.69, 9.17) is 5.11 Å². The molecule has 0 heterocycles. The summed E-state index contributed by atoms with van der Waals surface area (Å²) in [5, 5.41) is 10.9. The van der Waals surface area contributed by atoms with E-state index in [9.17, 15) is 22.8 Å². The van der Waals surface area contributed by atoms with Crippen molar-refractivity contribution in [3.8, 4) is 0 Å². The molecule has 7 heteroatoms. The molecule has 0 saturated heterocycles. The number of amides is 1. The Hall–Kier alpha value is -2.31. The zero-order valence-corrected chi connectivity index (χ0v) is 11.0. The van der Waals surface area contributed by atoms with Gasteiger partial charge in [0.05, 0.1) is 0 Å². The summed E-state index contributed by atoms with van der Waals surface area (Å²) in [5.74, 6) is -1.61. The second-order valence-electron chi connectivity index (χ2n) is 4.27. The van der Waals surface area contributed by atoms with Gasteiger partial charge in [-0.1, -0.05) is 12.1 Å². The molecule has 1 rings (SSSR count). The monoisotopic (exact) mass is 301 g/mol. The van der Waals surface area contributed by atoms with E-state index in [1.54, 1.807) is 12.1 Å². The first-order valence-electron chi connectivity index (χ1n) is 6.14. The molecule has 0 bridgehead atoms. The van der Waals surface area contributed by atoms with E-state index in [1.165, 1.54) is 18.2 Å². The first kappa shape index (κ1) is 16.7. The maximum atomic E-state index is 11.9. The molecule has 0 aromatic heterocycles. The number of alkyl halides is 3. The van der Waals surface area contributed by atoms with Gasteiger partial charge in [-0.25, -0.2) is 4.79 Å². The van der Waals surface area contributed by atoms with Crippen molar-refractivity contribution in [1.29, 1.82) is 0 Å². The van der Waals surface area contributed by atoms with Gasteiger partial charge in [-0.05, 0) is 30.2 Å². The highest BCUT2D eigenvalue weighted by atomic mass is 19.4. The Morgan fingerprint density at radius 1 is 1.29 bits per heavy atom. The van der Waals surface area contributed by atoms with E-state index in [2.05, 4.69) is 5.32 Å². The lowest BCUT2D eigenvalue weighted by molar-refractivity contribution is -0.135. The molecule has 1 aromatic carbocycles. The summed E-state index contributed by atoms with van der Waals surface area (Å²) in [5.41, 5.74) is 0.773. The van der Waals surface area contributed by atoms with E-state index < -0.39 is 24.5 Å². The highest BCUT2D eigenvalue weighted by Gasteiger charge is 2.25. The third-order valence-corrected chi connectivity index (χ3v) is 2.49. The molecule has 1 aromatic rings. The van der Waals surface area contributed by atoms with Crippen LogP contribution < -0.4 is 5.32 Å². The van der Waals surface area contributed by atoms with Crippen LogP contribution in [0.1, 0.15) is 28.8 Å². The van der Waals surface area contributed by atoms with Gasteiger partial charge < -0.3 is 10.4 Å². The SMILES string of the molecule is O=C(O)/C=C/c1cccc(C(=O)NCCCC(F)(F)F)c1. The molecule has 21 heavy (non-hydrogen) atoms. The topological polar surface area (TPSA) is 66.4 Å². The van der Waals surface area contributed by atoms with Crippen molar-refractivity contribution >= 4 is 18.0 Å². The molecule has 0 radical (unpaired) electrons. The highest BCUT2D eigenvalue weighted by Crippen LogP contribution is 2.20. The molecule has 0 atom stereocenters. The minimum atomic E-state index is -4.23. The summed E-state index contributed by atoms with van der Waals surface area (Å²) in [6.07, 6.45) is -3.11. The fraction of sp³-hybridized carbons (Fsp3) is 0.286. The number of carbonyl (C=O) groups is 2. The fourth-order valence-electron chi connectivity index (χ4n) is 1.54. The van der Waals surface area contributed by atoms with Gasteiger partial charge in [-0.3, -0.25) is 4.79 Å². The molecule has 2 N–H and O–H groups in total. The Morgan fingerprint density at radius 2 is 2.00 bits per heavy atom. The number of benzene rings is 1. The van der Waals surface area contributed by atoms with Crippen molar-refractivity contribution in [3.05, 3.63) is 41.5 Å². The summed E-state index contributed by atoms with van der Waals surface area (Å²) in [6.45, 7) is -0.0759. The van der Waals surface area contributed by atoms with Crippen LogP contribution in [0, 0.1) is 0 Å². The molecular formula is C14H14F3NO3. The summed E-state index contributed by atoms with van der Waals surface area (Å²) >= 11 is 0. The summed E-state index contributed by atoms with van der Waals surface area (Å²) in [6, 6.07) is 6.13. The lowest BCUT2D eigenvalue weighted by Gasteiger charge is -2.08. The maximum absolute atomic E-state index is 11.9. The standard InChI is InChI=1S/C14H14F3NO3/c15-14(16,17)7-2-8-18-13(21)11-4-1-3-10(9-11)5-6-12(19)20/h1,3-6,9H,2,7-8H2,(H,18,21)(H,19,20)/b6-5+. The zero-order valence-electron chi connectivity index (χ0n) is 11.0. The Bertz CT molecular complexity index is 539. The van der Waals surface area contributed by atoms with Crippen molar-refractivity contribution in [3.63, 3.8) is 0 Å². The number of nitrogens with one attached hydrogen (secondary N) is 1. The first-order chi connectivity index (χ1) is 9.78. The van der Waals surface area contributed by atoms with Gasteiger partial charge in [0.1, 0.15) is 0 Å². The Morgan fingerprint density at radius 3 is 2.62 bits per heavy atom. The average molecular weight is 301 g/mol. The van der Waals surface area contributed by atoms with Gasteiger partial charge in [0.2, 0.25) is 0 Å². The molecule has 0 fully saturated rings. The van der Waals surface area contributed by atoms with Crippen LogP contribution in [0.5, 0.6) is 0 Å². The van der Waals surface area contributed by atoms with Crippen LogP contribution in [-0.4, -0.2) is 29.7 Å². The van der Waals surface area contributed by atoms with Crippen molar-refractivity contribution in [2.24, 2.45) is 0 Å². The molecule has 0 spiro atoms. The van der Waals surface area contributed by atoms with Crippen LogP contribution in [-0.2, 0) is 4.79 Å². The number of carbonyl (C=O) groups excluding carboxylic acids is 1. The second kappa shape index (κ2) is 7.47. The molecule has 0 aliphatic heterocycles. The summed E-state index contributed by atoms with van der Waals surface area (Å²) in [7, 11) is 0. The van der Waals surface area contributed by atoms with Crippen LogP contribution in [0.25, 0.3) is 6.08 Å². The van der Waals surface area contributed by atoms with E-state index in [1.807, 2.05) is 0 Å². The van der Waals surface area contributed by atoms with E-state index >= 15 is 0 Å². The van der Waals surface area contributed by atoms with E-state index in [0.717, 1.165) is 6.08 Å². The number of carboxylic acid groups (broad SMARTS) is 1. The molecular weight excluding hydrogens is 287 g/mol. The van der Waals surface area contributed by atoms with E-state index in [-0.39, 0.29) is 18.5 Å². The molecule has 0 aliphatic carbocycles. The highest BCUT2D eigenvalue weighted by molar-refractivity contribution is 5.95. The second-order valence-corrected chi connectivity index (χ2v) is 4.27. The van der Waals surface area contributed by atoms with Crippen LogP contribution >= 0.6 is 0 Å². The lowest BCUT2D eigenvalue weighted by atomic mass is 10.1. The fourth-order valence-corrected chi connectivity index (χ4v) is 1.54. The molecule has 0 saturated carbocycles. The largest absolute Gasteiger partial charge is 0.478 e. The predicted octanol–water partition coefficient (Wildman–Crippen LogP) is 2.86. The third kappa shape index (κ3) is 7.14. The van der Waals surface area contributed by atoms with Crippen LogP contribution in [0.4, 0.5) is 13.2 Å². The predicted molar refractivity (Wildman–Crippen MR) is 70.7 cm³/mol. The Labute approximate surface area is 119 Å². The van der Waals surface area contributed by atoms with Crippen molar-refractivity contribution in [2.75, 3.05) is 6.54 Å². The zero-order chi connectivity index (χ0) is 15.9. The third-order valence-electron chi connectivity index (χ3n) is 2.49. The van der Waals surface area contributed by atoms with Gasteiger partial charge in [-0.15, -0.1) is 0 Å². The first-order valence-corrected chi connectivity index (χ1v) is 6.14. The molecule has 0 aliphatic rings. The van der Waals surface area contributed by atoms with Gasteiger partial charge in [0, 0.05) is 24.6 Å². The lowest BCUT2D eigenvalue weighted by Crippen LogP contribution is -2.25. The maximum Gasteiger partial charge on any atom is 0.389 e. The number of hydrogen-bond acceptors (Lipinski definition) is 2. The number of rotatable bonds is 6. The smallest absolute Gasteiger partial charge is 0.389 e. The quantitative estimate of drug-likeness (QED) is 0.627. The molecule has 0 unspecified atom stereocenters. The molecule has 1 amide bonds. The van der Waals surface area contributed by atoms with Crippen LogP contribution in [0.3, 0.4) is 0 Å².